The second-order valence-electron chi connectivity index (χ2n) is 4.30. The van der Waals surface area contributed by atoms with Crippen LogP contribution in [0.2, 0.25) is 0 Å². The van der Waals surface area contributed by atoms with E-state index in [1.165, 1.54) is 12.1 Å². The molecular weight excluding hydrogens is 195 g/mol. The summed E-state index contributed by atoms with van der Waals surface area (Å²) < 4.78 is 13.4. The predicted octanol–water partition coefficient (Wildman–Crippen LogP) is 3.13. The molecule has 2 unspecified atom stereocenters. The molecule has 0 heterocycles. The molecule has 1 aromatic carbocycles. The summed E-state index contributed by atoms with van der Waals surface area (Å²) in [4.78, 5) is 10.8. The van der Waals surface area contributed by atoms with Crippen LogP contribution in [0.25, 0.3) is 0 Å². The van der Waals surface area contributed by atoms with Crippen LogP contribution in [0.15, 0.2) is 12.1 Å². The highest BCUT2D eigenvalue weighted by atomic mass is 19.1. The second-order valence-corrected chi connectivity index (χ2v) is 4.30. The van der Waals surface area contributed by atoms with Crippen LogP contribution in [0, 0.1) is 5.82 Å². The molecule has 0 saturated carbocycles. The molecule has 0 amide bonds. The molecule has 0 spiro atoms. The molecule has 2 atom stereocenters. The number of aromatic carboxylic acids is 1. The van der Waals surface area contributed by atoms with Gasteiger partial charge < -0.3 is 5.11 Å². The molecule has 0 fully saturated rings. The van der Waals surface area contributed by atoms with Crippen molar-refractivity contribution in [2.75, 3.05) is 0 Å². The number of benzene rings is 1. The lowest BCUT2D eigenvalue weighted by molar-refractivity contribution is 0.0691. The first kappa shape index (κ1) is 10.1. The van der Waals surface area contributed by atoms with E-state index in [0.29, 0.717) is 11.8 Å². The molecule has 0 aliphatic heterocycles. The monoisotopic (exact) mass is 208 g/mol. The van der Waals surface area contributed by atoms with E-state index in [1.54, 1.807) is 0 Å². The highest BCUT2D eigenvalue weighted by Crippen LogP contribution is 2.41. The van der Waals surface area contributed by atoms with Crippen molar-refractivity contribution in [1.82, 2.24) is 0 Å². The number of hydrogen-bond acceptors (Lipinski definition) is 1. The molecule has 1 aromatic rings. The van der Waals surface area contributed by atoms with Crippen LogP contribution in [-0.4, -0.2) is 11.1 Å². The van der Waals surface area contributed by atoms with Crippen LogP contribution in [0.4, 0.5) is 4.39 Å². The van der Waals surface area contributed by atoms with Crippen LogP contribution >= 0.6 is 0 Å². The molecule has 2 nitrogen and oxygen atoms in total. The summed E-state index contributed by atoms with van der Waals surface area (Å²) in [6.07, 6.45) is 0.970. The summed E-state index contributed by atoms with van der Waals surface area (Å²) in [6.45, 7) is 4.09. The highest BCUT2D eigenvalue weighted by Gasteiger charge is 2.27. The second kappa shape index (κ2) is 3.33. The number of carboxylic acid groups (broad SMARTS) is 1. The standard InChI is InChI=1S/C12H13FO2/c1-6-3-7(2)9-5-11(13)10(12(14)15)4-8(6)9/h4-7H,3H2,1-2H3,(H,14,15). The minimum Gasteiger partial charge on any atom is -0.478 e. The lowest BCUT2D eigenvalue weighted by Gasteiger charge is -2.07. The maximum atomic E-state index is 13.4. The van der Waals surface area contributed by atoms with Gasteiger partial charge in [-0.2, -0.15) is 0 Å². The van der Waals surface area contributed by atoms with Gasteiger partial charge in [-0.3, -0.25) is 0 Å². The van der Waals surface area contributed by atoms with E-state index in [1.807, 2.05) is 13.8 Å². The van der Waals surface area contributed by atoms with Gasteiger partial charge in [0.05, 0.1) is 5.56 Å². The fourth-order valence-electron chi connectivity index (χ4n) is 2.41. The molecule has 0 aromatic heterocycles. The van der Waals surface area contributed by atoms with Crippen molar-refractivity contribution < 1.29 is 14.3 Å². The van der Waals surface area contributed by atoms with Crippen LogP contribution in [0.5, 0.6) is 0 Å². The van der Waals surface area contributed by atoms with Crippen molar-refractivity contribution >= 4 is 5.97 Å². The molecule has 80 valence electrons. The Bertz CT molecular complexity index is 426. The lowest BCUT2D eigenvalue weighted by Crippen LogP contribution is -2.03. The van der Waals surface area contributed by atoms with Gasteiger partial charge in [-0.1, -0.05) is 13.8 Å². The SMILES string of the molecule is CC1CC(C)c2cc(C(=O)O)c(F)cc21. The first-order valence-corrected chi connectivity index (χ1v) is 5.07. The molecular formula is C12H13FO2. The number of fused-ring (bicyclic) bond motifs is 1. The summed E-state index contributed by atoms with van der Waals surface area (Å²) in [6, 6.07) is 2.87. The van der Waals surface area contributed by atoms with Crippen molar-refractivity contribution in [3.8, 4) is 0 Å². The van der Waals surface area contributed by atoms with Crippen LogP contribution < -0.4 is 0 Å². The van der Waals surface area contributed by atoms with Crippen LogP contribution in [0.3, 0.4) is 0 Å². The minimum atomic E-state index is -1.19. The van der Waals surface area contributed by atoms with Gasteiger partial charge in [-0.05, 0) is 41.5 Å². The fraction of sp³-hybridized carbons (Fsp3) is 0.417. The Labute approximate surface area is 87.7 Å². The number of carbonyl (C=O) groups is 1. The highest BCUT2D eigenvalue weighted by molar-refractivity contribution is 5.88. The van der Waals surface area contributed by atoms with Crippen molar-refractivity contribution in [2.24, 2.45) is 0 Å². The summed E-state index contributed by atoms with van der Waals surface area (Å²) in [5, 5.41) is 8.81. The van der Waals surface area contributed by atoms with E-state index < -0.39 is 11.8 Å². The predicted molar refractivity (Wildman–Crippen MR) is 54.8 cm³/mol. The van der Waals surface area contributed by atoms with Crippen molar-refractivity contribution in [3.05, 3.63) is 34.6 Å². The van der Waals surface area contributed by atoms with Gasteiger partial charge >= 0.3 is 5.97 Å². The molecule has 2 rings (SSSR count). The van der Waals surface area contributed by atoms with Crippen molar-refractivity contribution in [2.45, 2.75) is 32.1 Å². The van der Waals surface area contributed by atoms with Gasteiger partial charge in [0.2, 0.25) is 0 Å². The maximum absolute atomic E-state index is 13.4. The summed E-state index contributed by atoms with van der Waals surface area (Å²) in [5.41, 5.74) is 1.74. The third-order valence-corrected chi connectivity index (χ3v) is 3.17. The average molecular weight is 208 g/mol. The van der Waals surface area contributed by atoms with Gasteiger partial charge in [-0.25, -0.2) is 9.18 Å². The van der Waals surface area contributed by atoms with E-state index in [4.69, 9.17) is 5.11 Å². The fourth-order valence-corrected chi connectivity index (χ4v) is 2.41. The quantitative estimate of drug-likeness (QED) is 0.769. The van der Waals surface area contributed by atoms with Gasteiger partial charge in [0.15, 0.2) is 0 Å². The number of hydrogen-bond donors (Lipinski definition) is 1. The number of carboxylic acids is 1. The van der Waals surface area contributed by atoms with Crippen LogP contribution in [-0.2, 0) is 0 Å². The van der Waals surface area contributed by atoms with E-state index in [9.17, 15) is 9.18 Å². The third-order valence-electron chi connectivity index (χ3n) is 3.17. The van der Waals surface area contributed by atoms with Crippen molar-refractivity contribution in [1.29, 1.82) is 0 Å². The minimum absolute atomic E-state index is 0.213. The molecule has 1 N–H and O–H groups in total. The topological polar surface area (TPSA) is 37.3 Å². The Kier molecular flexibility index (Phi) is 2.25. The van der Waals surface area contributed by atoms with E-state index in [2.05, 4.69) is 0 Å². The van der Waals surface area contributed by atoms with Gasteiger partial charge in [-0.15, -0.1) is 0 Å². The van der Waals surface area contributed by atoms with Gasteiger partial charge in [0.25, 0.3) is 0 Å². The first-order valence-electron chi connectivity index (χ1n) is 5.07. The number of halogens is 1. The molecule has 3 heteroatoms. The zero-order valence-corrected chi connectivity index (χ0v) is 8.75. The Hall–Kier alpha value is -1.38. The Morgan fingerprint density at radius 3 is 2.40 bits per heavy atom. The number of rotatable bonds is 1. The Balaban J connectivity index is 2.59. The molecule has 0 radical (unpaired) electrons. The molecule has 15 heavy (non-hydrogen) atoms. The Morgan fingerprint density at radius 1 is 1.33 bits per heavy atom. The van der Waals surface area contributed by atoms with E-state index in [0.717, 1.165) is 17.5 Å². The largest absolute Gasteiger partial charge is 0.478 e. The summed E-state index contributed by atoms with van der Waals surface area (Å²) >= 11 is 0. The summed E-state index contributed by atoms with van der Waals surface area (Å²) in [5.74, 6) is -1.16. The van der Waals surface area contributed by atoms with Gasteiger partial charge in [0.1, 0.15) is 5.82 Å². The molecule has 0 saturated heterocycles. The molecule has 0 bridgehead atoms. The van der Waals surface area contributed by atoms with Gasteiger partial charge in [0, 0.05) is 0 Å². The third kappa shape index (κ3) is 1.52. The average Bonchev–Trinajstić information content (AvgIpc) is 2.41. The van der Waals surface area contributed by atoms with Crippen LogP contribution in [0.1, 0.15) is 53.6 Å². The van der Waals surface area contributed by atoms with E-state index in [-0.39, 0.29) is 5.56 Å². The summed E-state index contributed by atoms with van der Waals surface area (Å²) in [7, 11) is 0. The lowest BCUT2D eigenvalue weighted by atomic mass is 9.99. The Morgan fingerprint density at radius 2 is 1.87 bits per heavy atom. The zero-order valence-electron chi connectivity index (χ0n) is 8.75. The zero-order chi connectivity index (χ0) is 11.2. The molecule has 1 aliphatic carbocycles. The maximum Gasteiger partial charge on any atom is 0.338 e. The first-order chi connectivity index (χ1) is 7.00. The van der Waals surface area contributed by atoms with Crippen molar-refractivity contribution in [3.63, 3.8) is 0 Å². The normalized spacial score (nSPS) is 23.9. The van der Waals surface area contributed by atoms with E-state index >= 15 is 0 Å². The smallest absolute Gasteiger partial charge is 0.338 e. The molecule has 1 aliphatic rings.